The van der Waals surface area contributed by atoms with Gasteiger partial charge in [-0.15, -0.1) is 0 Å². The van der Waals surface area contributed by atoms with Crippen LogP contribution in [0.3, 0.4) is 0 Å². The molecule has 7 heteroatoms. The van der Waals surface area contributed by atoms with Crippen molar-refractivity contribution in [2.75, 3.05) is 5.73 Å². The zero-order valence-electron chi connectivity index (χ0n) is 10.9. The molecule has 1 aromatic heterocycles. The first kappa shape index (κ1) is 14.0. The van der Waals surface area contributed by atoms with Crippen molar-refractivity contribution < 1.29 is 18.0 Å². The quantitative estimate of drug-likeness (QED) is 0.846. The molecular formula is C13H13F2N3O2. The van der Waals surface area contributed by atoms with Crippen molar-refractivity contribution in [3.05, 3.63) is 47.2 Å². The number of benzene rings is 1. The number of carbonyl (C=O) groups excluding carboxylic acids is 1. The summed E-state index contributed by atoms with van der Waals surface area (Å²) in [7, 11) is 0. The number of halogens is 2. The van der Waals surface area contributed by atoms with E-state index in [9.17, 15) is 13.6 Å². The van der Waals surface area contributed by atoms with Crippen molar-refractivity contribution in [3.63, 3.8) is 0 Å². The predicted molar refractivity (Wildman–Crippen MR) is 67.9 cm³/mol. The predicted octanol–water partition coefficient (Wildman–Crippen LogP) is 2.33. The maximum Gasteiger partial charge on any atom is 0.257 e. The molecule has 2 aromatic rings. The Bertz CT molecular complexity index is 655. The van der Waals surface area contributed by atoms with Crippen molar-refractivity contribution in [2.24, 2.45) is 0 Å². The van der Waals surface area contributed by atoms with Gasteiger partial charge in [0.2, 0.25) is 5.89 Å². The molecule has 1 amide bonds. The maximum absolute atomic E-state index is 13.7. The van der Waals surface area contributed by atoms with Crippen molar-refractivity contribution in [3.8, 4) is 0 Å². The lowest BCUT2D eigenvalue weighted by atomic mass is 10.1. The molecule has 0 aliphatic carbocycles. The molecular weight excluding hydrogens is 268 g/mol. The standard InChI is InChI=1S/C13H13F2N3O2/c1-6-5-17-13(20-6)7(2)18-12(19)10-8(14)3-4-9(16)11(10)15/h3-5,7H,16H2,1-2H3,(H,18,19). The Morgan fingerprint density at radius 2 is 2.15 bits per heavy atom. The van der Waals surface area contributed by atoms with Gasteiger partial charge in [0.1, 0.15) is 23.2 Å². The van der Waals surface area contributed by atoms with Crippen LogP contribution in [0.5, 0.6) is 0 Å². The van der Waals surface area contributed by atoms with E-state index in [1.165, 1.54) is 6.20 Å². The summed E-state index contributed by atoms with van der Waals surface area (Å²) >= 11 is 0. The third kappa shape index (κ3) is 2.61. The van der Waals surface area contributed by atoms with Gasteiger partial charge in [-0.05, 0) is 26.0 Å². The number of carbonyl (C=O) groups is 1. The van der Waals surface area contributed by atoms with Gasteiger partial charge >= 0.3 is 0 Å². The van der Waals surface area contributed by atoms with Gasteiger partial charge in [0.05, 0.1) is 11.9 Å². The fourth-order valence-corrected chi connectivity index (χ4v) is 1.68. The molecule has 0 saturated heterocycles. The summed E-state index contributed by atoms with van der Waals surface area (Å²) in [5.74, 6) is -2.16. The Morgan fingerprint density at radius 3 is 2.75 bits per heavy atom. The van der Waals surface area contributed by atoms with Crippen LogP contribution in [0.1, 0.15) is 35.0 Å². The topological polar surface area (TPSA) is 81.2 Å². The minimum atomic E-state index is -1.08. The van der Waals surface area contributed by atoms with Crippen LogP contribution in [0, 0.1) is 18.6 Å². The molecule has 0 aliphatic rings. The summed E-state index contributed by atoms with van der Waals surface area (Å²) < 4.78 is 32.5. The number of aryl methyl sites for hydroxylation is 1. The number of nitrogens with one attached hydrogen (secondary N) is 1. The molecule has 3 N–H and O–H groups in total. The third-order valence-electron chi connectivity index (χ3n) is 2.71. The molecule has 20 heavy (non-hydrogen) atoms. The Kier molecular flexibility index (Phi) is 3.69. The first-order chi connectivity index (χ1) is 9.40. The molecule has 0 aliphatic heterocycles. The summed E-state index contributed by atoms with van der Waals surface area (Å²) in [5.41, 5.74) is 4.30. The van der Waals surface area contributed by atoms with Gasteiger partial charge < -0.3 is 15.5 Å². The smallest absolute Gasteiger partial charge is 0.257 e. The van der Waals surface area contributed by atoms with E-state index in [4.69, 9.17) is 10.2 Å². The van der Waals surface area contributed by atoms with Gasteiger partial charge in [-0.3, -0.25) is 4.79 Å². The number of nitrogens with zero attached hydrogens (tertiary/aromatic N) is 1. The number of nitrogens with two attached hydrogens (primary N) is 1. The minimum absolute atomic E-state index is 0.251. The highest BCUT2D eigenvalue weighted by molar-refractivity contribution is 5.95. The van der Waals surface area contributed by atoms with Gasteiger partial charge in [0.25, 0.3) is 5.91 Å². The largest absolute Gasteiger partial charge is 0.444 e. The highest BCUT2D eigenvalue weighted by Crippen LogP contribution is 2.20. The van der Waals surface area contributed by atoms with Crippen molar-refractivity contribution in [2.45, 2.75) is 19.9 Å². The third-order valence-corrected chi connectivity index (χ3v) is 2.71. The molecule has 1 aromatic carbocycles. The first-order valence-corrected chi connectivity index (χ1v) is 5.86. The molecule has 0 saturated carbocycles. The molecule has 1 atom stereocenters. The lowest BCUT2D eigenvalue weighted by molar-refractivity contribution is 0.0925. The van der Waals surface area contributed by atoms with E-state index in [0.29, 0.717) is 5.76 Å². The van der Waals surface area contributed by atoms with Crippen molar-refractivity contribution >= 4 is 11.6 Å². The summed E-state index contributed by atoms with van der Waals surface area (Å²) in [4.78, 5) is 15.8. The highest BCUT2D eigenvalue weighted by atomic mass is 19.1. The fourth-order valence-electron chi connectivity index (χ4n) is 1.68. The van der Waals surface area contributed by atoms with Crippen LogP contribution in [0.25, 0.3) is 0 Å². The molecule has 5 nitrogen and oxygen atoms in total. The van der Waals surface area contributed by atoms with Crippen LogP contribution in [-0.2, 0) is 0 Å². The van der Waals surface area contributed by atoms with E-state index in [-0.39, 0.29) is 11.6 Å². The Balaban J connectivity index is 2.23. The number of oxazole rings is 1. The Hall–Kier alpha value is -2.44. The lowest BCUT2D eigenvalue weighted by Crippen LogP contribution is -2.28. The minimum Gasteiger partial charge on any atom is -0.444 e. The number of anilines is 1. The molecule has 0 radical (unpaired) electrons. The van der Waals surface area contributed by atoms with Crippen LogP contribution in [-0.4, -0.2) is 10.9 Å². The Morgan fingerprint density at radius 1 is 1.45 bits per heavy atom. The first-order valence-electron chi connectivity index (χ1n) is 5.86. The van der Waals surface area contributed by atoms with E-state index in [1.54, 1.807) is 13.8 Å². The van der Waals surface area contributed by atoms with Gasteiger partial charge in [-0.2, -0.15) is 0 Å². The van der Waals surface area contributed by atoms with Crippen molar-refractivity contribution in [1.29, 1.82) is 0 Å². The second-order valence-corrected chi connectivity index (χ2v) is 4.33. The average Bonchev–Trinajstić information content (AvgIpc) is 2.81. The number of nitrogen functional groups attached to an aromatic ring is 1. The van der Waals surface area contributed by atoms with Crippen LogP contribution in [0.4, 0.5) is 14.5 Å². The summed E-state index contributed by atoms with van der Waals surface area (Å²) in [5, 5.41) is 2.40. The van der Waals surface area contributed by atoms with Gasteiger partial charge in [-0.25, -0.2) is 13.8 Å². The molecule has 2 rings (SSSR count). The van der Waals surface area contributed by atoms with E-state index in [2.05, 4.69) is 10.3 Å². The van der Waals surface area contributed by atoms with Crippen LogP contribution < -0.4 is 11.1 Å². The van der Waals surface area contributed by atoms with E-state index >= 15 is 0 Å². The van der Waals surface area contributed by atoms with Gasteiger partial charge in [0, 0.05) is 0 Å². The maximum atomic E-state index is 13.7. The molecule has 1 heterocycles. The molecule has 0 spiro atoms. The van der Waals surface area contributed by atoms with Crippen molar-refractivity contribution in [1.82, 2.24) is 10.3 Å². The lowest BCUT2D eigenvalue weighted by Gasteiger charge is -2.12. The molecule has 1 unspecified atom stereocenters. The fraction of sp³-hybridized carbons (Fsp3) is 0.231. The second-order valence-electron chi connectivity index (χ2n) is 4.33. The number of amides is 1. The summed E-state index contributed by atoms with van der Waals surface area (Å²) in [6.07, 6.45) is 1.49. The normalized spacial score (nSPS) is 12.2. The summed E-state index contributed by atoms with van der Waals surface area (Å²) in [6, 6.07) is 1.37. The zero-order valence-corrected chi connectivity index (χ0v) is 10.9. The molecule has 0 fully saturated rings. The average molecular weight is 281 g/mol. The zero-order chi connectivity index (χ0) is 14.9. The Labute approximate surface area is 113 Å². The second kappa shape index (κ2) is 5.28. The van der Waals surface area contributed by atoms with Gasteiger partial charge in [0.15, 0.2) is 5.82 Å². The van der Waals surface area contributed by atoms with E-state index in [1.807, 2.05) is 0 Å². The van der Waals surface area contributed by atoms with Gasteiger partial charge in [-0.1, -0.05) is 0 Å². The molecule has 0 bridgehead atoms. The number of aromatic nitrogens is 1. The monoisotopic (exact) mass is 281 g/mol. The SMILES string of the molecule is Cc1cnc(C(C)NC(=O)c2c(F)ccc(N)c2F)o1. The molecule has 106 valence electrons. The number of hydrogen-bond donors (Lipinski definition) is 2. The van der Waals surface area contributed by atoms with E-state index in [0.717, 1.165) is 12.1 Å². The van der Waals surface area contributed by atoms with Crippen LogP contribution in [0.15, 0.2) is 22.7 Å². The number of rotatable bonds is 3. The summed E-state index contributed by atoms with van der Waals surface area (Å²) in [6.45, 7) is 3.29. The van der Waals surface area contributed by atoms with Crippen LogP contribution in [0.2, 0.25) is 0 Å². The van der Waals surface area contributed by atoms with E-state index < -0.39 is 29.1 Å². The highest BCUT2D eigenvalue weighted by Gasteiger charge is 2.22. The van der Waals surface area contributed by atoms with Crippen LogP contribution >= 0.6 is 0 Å². The number of hydrogen-bond acceptors (Lipinski definition) is 4.